The largest absolute Gasteiger partial charge is 0.356 e. The van der Waals surface area contributed by atoms with Crippen LogP contribution in [0.3, 0.4) is 0 Å². The summed E-state index contributed by atoms with van der Waals surface area (Å²) in [6.07, 6.45) is 2.56. The van der Waals surface area contributed by atoms with Gasteiger partial charge in [0.05, 0.1) is 5.69 Å². The van der Waals surface area contributed by atoms with Gasteiger partial charge in [-0.2, -0.15) is 5.10 Å². The summed E-state index contributed by atoms with van der Waals surface area (Å²) >= 11 is 0. The number of benzene rings is 1. The highest BCUT2D eigenvalue weighted by Crippen LogP contribution is 2.25. The van der Waals surface area contributed by atoms with E-state index in [9.17, 15) is 4.79 Å². The molecule has 0 atom stereocenters. The van der Waals surface area contributed by atoms with Crippen molar-refractivity contribution < 1.29 is 4.79 Å². The Hall–Kier alpha value is -2.69. The molecule has 5 heteroatoms. The van der Waals surface area contributed by atoms with E-state index in [-0.39, 0.29) is 5.91 Å². The minimum absolute atomic E-state index is 0.00282. The minimum Gasteiger partial charge on any atom is -0.356 e. The number of amides is 1. The third kappa shape index (κ3) is 2.91. The van der Waals surface area contributed by atoms with Crippen LogP contribution in [-0.2, 0) is 11.2 Å². The van der Waals surface area contributed by atoms with Crippen LogP contribution >= 0.6 is 0 Å². The van der Waals surface area contributed by atoms with Gasteiger partial charge in [-0.25, -0.2) is 4.98 Å². The van der Waals surface area contributed by atoms with E-state index in [4.69, 9.17) is 0 Å². The molecule has 0 spiro atoms. The zero-order chi connectivity index (χ0) is 14.7. The number of carbonyl (C=O) groups is 1. The smallest absolute Gasteiger partial charge is 0.216 e. The molecule has 3 aromatic rings. The van der Waals surface area contributed by atoms with E-state index in [0.717, 1.165) is 28.7 Å². The second-order valence-corrected chi connectivity index (χ2v) is 4.90. The molecular weight excluding hydrogens is 264 g/mol. The Labute approximate surface area is 122 Å². The van der Waals surface area contributed by atoms with Crippen LogP contribution in [-0.4, -0.2) is 27.6 Å². The van der Waals surface area contributed by atoms with Crippen LogP contribution in [0.5, 0.6) is 0 Å². The van der Waals surface area contributed by atoms with Crippen molar-refractivity contribution in [1.29, 1.82) is 0 Å². The van der Waals surface area contributed by atoms with E-state index >= 15 is 0 Å². The maximum absolute atomic E-state index is 10.8. The first-order valence-electron chi connectivity index (χ1n) is 6.87. The molecule has 2 aromatic heterocycles. The van der Waals surface area contributed by atoms with E-state index in [0.29, 0.717) is 6.54 Å². The second kappa shape index (κ2) is 5.75. The second-order valence-electron chi connectivity index (χ2n) is 4.90. The Kier molecular flexibility index (Phi) is 3.64. The summed E-state index contributed by atoms with van der Waals surface area (Å²) in [6.45, 7) is 2.19. The van der Waals surface area contributed by atoms with Crippen LogP contribution in [0.25, 0.3) is 22.3 Å². The van der Waals surface area contributed by atoms with Crippen molar-refractivity contribution in [2.24, 2.45) is 0 Å². The SMILES string of the molecule is CC(=O)NCCc1ccc(-c2[nH]nc3ncccc23)cc1. The molecule has 0 radical (unpaired) electrons. The van der Waals surface area contributed by atoms with Gasteiger partial charge >= 0.3 is 0 Å². The Bertz CT molecular complexity index is 761. The molecule has 0 aliphatic rings. The zero-order valence-corrected chi connectivity index (χ0v) is 11.8. The molecule has 3 rings (SSSR count). The average Bonchev–Trinajstić information content (AvgIpc) is 2.92. The van der Waals surface area contributed by atoms with Crippen molar-refractivity contribution in [2.45, 2.75) is 13.3 Å². The van der Waals surface area contributed by atoms with Gasteiger partial charge in [0, 0.05) is 30.6 Å². The lowest BCUT2D eigenvalue weighted by Gasteiger charge is -2.04. The van der Waals surface area contributed by atoms with E-state index < -0.39 is 0 Å². The van der Waals surface area contributed by atoms with Crippen LogP contribution < -0.4 is 5.32 Å². The molecule has 0 unspecified atom stereocenters. The third-order valence-electron chi connectivity index (χ3n) is 3.36. The molecule has 1 aromatic carbocycles. The van der Waals surface area contributed by atoms with Crippen molar-refractivity contribution in [1.82, 2.24) is 20.5 Å². The summed E-state index contributed by atoms with van der Waals surface area (Å²) in [7, 11) is 0. The maximum atomic E-state index is 10.8. The predicted octanol–water partition coefficient (Wildman–Crippen LogP) is 2.30. The van der Waals surface area contributed by atoms with E-state index in [1.54, 1.807) is 6.20 Å². The number of carbonyl (C=O) groups excluding carboxylic acids is 1. The zero-order valence-electron chi connectivity index (χ0n) is 11.8. The molecule has 2 N–H and O–H groups in total. The lowest BCUT2D eigenvalue weighted by Crippen LogP contribution is -2.22. The fraction of sp³-hybridized carbons (Fsp3) is 0.188. The predicted molar refractivity (Wildman–Crippen MR) is 81.7 cm³/mol. The Morgan fingerprint density at radius 1 is 1.24 bits per heavy atom. The van der Waals surface area contributed by atoms with Gasteiger partial charge in [-0.3, -0.25) is 9.89 Å². The highest BCUT2D eigenvalue weighted by molar-refractivity contribution is 5.90. The molecule has 0 bridgehead atoms. The van der Waals surface area contributed by atoms with E-state index in [1.807, 2.05) is 12.1 Å². The van der Waals surface area contributed by atoms with Gasteiger partial charge in [0.15, 0.2) is 5.65 Å². The Morgan fingerprint density at radius 3 is 2.81 bits per heavy atom. The fourth-order valence-electron chi connectivity index (χ4n) is 2.29. The summed E-state index contributed by atoms with van der Waals surface area (Å²) in [5.41, 5.74) is 3.97. The quantitative estimate of drug-likeness (QED) is 0.770. The Morgan fingerprint density at radius 2 is 2.05 bits per heavy atom. The summed E-state index contributed by atoms with van der Waals surface area (Å²) < 4.78 is 0. The number of H-pyrrole nitrogens is 1. The van der Waals surface area contributed by atoms with Gasteiger partial charge in [-0.1, -0.05) is 24.3 Å². The van der Waals surface area contributed by atoms with Crippen LogP contribution in [0.1, 0.15) is 12.5 Å². The molecule has 106 valence electrons. The van der Waals surface area contributed by atoms with Gasteiger partial charge in [0.25, 0.3) is 0 Å². The van der Waals surface area contributed by atoms with E-state index in [2.05, 4.69) is 44.8 Å². The molecule has 5 nitrogen and oxygen atoms in total. The number of rotatable bonds is 4. The van der Waals surface area contributed by atoms with Crippen LogP contribution in [0.2, 0.25) is 0 Å². The number of nitrogens with one attached hydrogen (secondary N) is 2. The highest BCUT2D eigenvalue weighted by atomic mass is 16.1. The molecule has 1 amide bonds. The van der Waals surface area contributed by atoms with Gasteiger partial charge in [-0.15, -0.1) is 0 Å². The molecule has 0 saturated carbocycles. The molecular formula is C16H16N4O. The first-order valence-corrected chi connectivity index (χ1v) is 6.87. The number of pyridine rings is 1. The number of aromatic amines is 1. The molecule has 0 aliphatic heterocycles. The molecule has 0 aliphatic carbocycles. The van der Waals surface area contributed by atoms with Crippen molar-refractivity contribution in [3.05, 3.63) is 48.2 Å². The van der Waals surface area contributed by atoms with Crippen LogP contribution in [0.4, 0.5) is 0 Å². The molecule has 21 heavy (non-hydrogen) atoms. The molecule has 2 heterocycles. The van der Waals surface area contributed by atoms with Crippen molar-refractivity contribution in [3.8, 4) is 11.3 Å². The van der Waals surface area contributed by atoms with Crippen molar-refractivity contribution in [2.75, 3.05) is 6.54 Å². The standard InChI is InChI=1S/C16H16N4O/c1-11(21)17-10-8-12-4-6-13(7-5-12)15-14-3-2-9-18-16(14)20-19-15/h2-7,9H,8,10H2,1H3,(H,17,21)(H,18,19,20). The van der Waals surface area contributed by atoms with Crippen molar-refractivity contribution in [3.63, 3.8) is 0 Å². The number of hydrogen-bond donors (Lipinski definition) is 2. The van der Waals surface area contributed by atoms with Gasteiger partial charge in [-0.05, 0) is 24.1 Å². The number of fused-ring (bicyclic) bond motifs is 1. The number of aromatic nitrogens is 3. The number of hydrogen-bond acceptors (Lipinski definition) is 3. The maximum Gasteiger partial charge on any atom is 0.216 e. The summed E-state index contributed by atoms with van der Waals surface area (Å²) in [5, 5.41) is 11.1. The van der Waals surface area contributed by atoms with Crippen LogP contribution in [0, 0.1) is 0 Å². The normalized spacial score (nSPS) is 10.7. The Balaban J connectivity index is 1.79. The fourth-order valence-corrected chi connectivity index (χ4v) is 2.29. The van der Waals surface area contributed by atoms with Crippen molar-refractivity contribution >= 4 is 16.9 Å². The van der Waals surface area contributed by atoms with E-state index in [1.165, 1.54) is 12.5 Å². The average molecular weight is 280 g/mol. The molecule has 0 fully saturated rings. The summed E-state index contributed by atoms with van der Waals surface area (Å²) in [6, 6.07) is 12.2. The lowest BCUT2D eigenvalue weighted by atomic mass is 10.1. The lowest BCUT2D eigenvalue weighted by molar-refractivity contribution is -0.118. The topological polar surface area (TPSA) is 70.7 Å². The summed E-state index contributed by atoms with van der Waals surface area (Å²) in [5.74, 6) is 0.00282. The van der Waals surface area contributed by atoms with Gasteiger partial charge in [0.2, 0.25) is 5.91 Å². The third-order valence-corrected chi connectivity index (χ3v) is 3.36. The van der Waals surface area contributed by atoms with Crippen LogP contribution in [0.15, 0.2) is 42.6 Å². The highest BCUT2D eigenvalue weighted by Gasteiger charge is 2.07. The number of nitrogens with zero attached hydrogens (tertiary/aromatic N) is 2. The van der Waals surface area contributed by atoms with Gasteiger partial charge < -0.3 is 5.32 Å². The molecule has 0 saturated heterocycles. The first-order chi connectivity index (χ1) is 10.2. The van der Waals surface area contributed by atoms with Gasteiger partial charge in [0.1, 0.15) is 0 Å². The summed E-state index contributed by atoms with van der Waals surface area (Å²) in [4.78, 5) is 15.1. The monoisotopic (exact) mass is 280 g/mol. The minimum atomic E-state index is 0.00282. The first kappa shape index (κ1) is 13.3.